The first-order valence-electron chi connectivity index (χ1n) is 7.60. The average molecular weight is 361 g/mol. The standard InChI is InChI=1S/C16H14F3N7/c1-21-5-9-6-25-15(22-3-2-20)26-13(9)12-8-24-14-11(12)4-10(7-23-14)16(17,18)19/h4,6-8,21H,3,5H2,1H3,(H,23,24)(H,22,25,26). The van der Waals surface area contributed by atoms with Gasteiger partial charge < -0.3 is 15.6 Å². The third-order valence-electron chi connectivity index (χ3n) is 3.67. The molecule has 134 valence electrons. The third kappa shape index (κ3) is 3.43. The van der Waals surface area contributed by atoms with Crippen LogP contribution in [0.5, 0.6) is 0 Å². The zero-order valence-electron chi connectivity index (χ0n) is 13.6. The van der Waals surface area contributed by atoms with Crippen LogP contribution >= 0.6 is 0 Å². The normalized spacial score (nSPS) is 11.5. The number of alkyl halides is 3. The molecular weight excluding hydrogens is 347 g/mol. The SMILES string of the molecule is CNCc1cnc(NCC#N)nc1-c1c[nH]c2ncc(C(F)(F)F)cc12. The van der Waals surface area contributed by atoms with Gasteiger partial charge in [0.25, 0.3) is 0 Å². The predicted octanol–water partition coefficient (Wildman–Crippen LogP) is 2.69. The fourth-order valence-corrected chi connectivity index (χ4v) is 2.52. The van der Waals surface area contributed by atoms with Crippen LogP contribution in [0.25, 0.3) is 22.3 Å². The van der Waals surface area contributed by atoms with Crippen LogP contribution in [0.1, 0.15) is 11.1 Å². The third-order valence-corrected chi connectivity index (χ3v) is 3.67. The molecule has 7 nitrogen and oxygen atoms in total. The van der Waals surface area contributed by atoms with E-state index in [2.05, 4.69) is 30.6 Å². The van der Waals surface area contributed by atoms with Crippen LogP contribution in [0.3, 0.4) is 0 Å². The number of fused-ring (bicyclic) bond motifs is 1. The molecule has 0 spiro atoms. The Bertz CT molecular complexity index is 972. The highest BCUT2D eigenvalue weighted by atomic mass is 19.4. The fourth-order valence-electron chi connectivity index (χ4n) is 2.52. The molecule has 0 amide bonds. The second kappa shape index (κ2) is 6.97. The lowest BCUT2D eigenvalue weighted by atomic mass is 10.1. The fraction of sp³-hybridized carbons (Fsp3) is 0.250. The lowest BCUT2D eigenvalue weighted by Gasteiger charge is -2.10. The van der Waals surface area contributed by atoms with Crippen LogP contribution in [-0.4, -0.2) is 33.5 Å². The van der Waals surface area contributed by atoms with E-state index in [0.717, 1.165) is 12.3 Å². The predicted molar refractivity (Wildman–Crippen MR) is 89.0 cm³/mol. The average Bonchev–Trinajstić information content (AvgIpc) is 3.03. The molecule has 0 saturated heterocycles. The zero-order valence-corrected chi connectivity index (χ0v) is 13.6. The molecule has 0 fully saturated rings. The minimum Gasteiger partial charge on any atom is -0.345 e. The van der Waals surface area contributed by atoms with Gasteiger partial charge in [0, 0.05) is 41.6 Å². The molecule has 0 aliphatic carbocycles. The van der Waals surface area contributed by atoms with Crippen LogP contribution in [0, 0.1) is 11.3 Å². The largest absolute Gasteiger partial charge is 0.417 e. The number of nitrogens with zero attached hydrogens (tertiary/aromatic N) is 4. The number of nitriles is 1. The minimum atomic E-state index is -4.49. The summed E-state index contributed by atoms with van der Waals surface area (Å²) in [6.45, 7) is 0.436. The molecule has 0 saturated carbocycles. The summed E-state index contributed by atoms with van der Waals surface area (Å²) in [6.07, 6.45) is -0.572. The maximum Gasteiger partial charge on any atom is 0.417 e. The second-order valence-electron chi connectivity index (χ2n) is 5.43. The molecule has 10 heteroatoms. The topological polar surface area (TPSA) is 102 Å². The van der Waals surface area contributed by atoms with Crippen molar-refractivity contribution in [1.82, 2.24) is 25.3 Å². The lowest BCUT2D eigenvalue weighted by Crippen LogP contribution is -2.10. The quantitative estimate of drug-likeness (QED) is 0.604. The molecule has 0 radical (unpaired) electrons. The number of H-pyrrole nitrogens is 1. The van der Waals surface area contributed by atoms with Gasteiger partial charge in [0.1, 0.15) is 12.2 Å². The number of halogens is 3. The summed E-state index contributed by atoms with van der Waals surface area (Å²) in [6, 6.07) is 2.96. The van der Waals surface area contributed by atoms with Crippen molar-refractivity contribution in [3.63, 3.8) is 0 Å². The van der Waals surface area contributed by atoms with Gasteiger partial charge in [-0.2, -0.15) is 18.4 Å². The summed E-state index contributed by atoms with van der Waals surface area (Å²) in [5.74, 6) is 0.218. The van der Waals surface area contributed by atoms with E-state index in [0.29, 0.717) is 34.4 Å². The molecule has 0 aliphatic rings. The monoisotopic (exact) mass is 361 g/mol. The molecule has 26 heavy (non-hydrogen) atoms. The van der Waals surface area contributed by atoms with Gasteiger partial charge in [-0.15, -0.1) is 0 Å². The number of hydrogen-bond donors (Lipinski definition) is 3. The van der Waals surface area contributed by atoms with Crippen LogP contribution in [0.15, 0.2) is 24.7 Å². The van der Waals surface area contributed by atoms with Crippen LogP contribution < -0.4 is 10.6 Å². The van der Waals surface area contributed by atoms with Gasteiger partial charge in [0.15, 0.2) is 0 Å². The van der Waals surface area contributed by atoms with Gasteiger partial charge in [0.2, 0.25) is 5.95 Å². The van der Waals surface area contributed by atoms with Crippen molar-refractivity contribution < 1.29 is 13.2 Å². The van der Waals surface area contributed by atoms with E-state index in [1.54, 1.807) is 19.4 Å². The Morgan fingerprint density at radius 1 is 1.27 bits per heavy atom. The number of nitrogens with one attached hydrogen (secondary N) is 3. The van der Waals surface area contributed by atoms with Crippen molar-refractivity contribution in [2.24, 2.45) is 0 Å². The molecule has 0 unspecified atom stereocenters. The second-order valence-corrected chi connectivity index (χ2v) is 5.43. The van der Waals surface area contributed by atoms with Crippen molar-refractivity contribution in [1.29, 1.82) is 5.26 Å². The summed E-state index contributed by atoms with van der Waals surface area (Å²) in [5, 5.41) is 14.7. The Kier molecular flexibility index (Phi) is 4.73. The Balaban J connectivity index is 2.16. The summed E-state index contributed by atoms with van der Waals surface area (Å²) in [5.41, 5.74) is 1.13. The summed E-state index contributed by atoms with van der Waals surface area (Å²) in [7, 11) is 1.74. The molecule has 0 atom stereocenters. The van der Waals surface area contributed by atoms with Crippen LogP contribution in [-0.2, 0) is 12.7 Å². The number of aromatic amines is 1. The lowest BCUT2D eigenvalue weighted by molar-refractivity contribution is -0.137. The van der Waals surface area contributed by atoms with E-state index < -0.39 is 11.7 Å². The molecule has 0 bridgehead atoms. The number of anilines is 1. The Morgan fingerprint density at radius 2 is 2.08 bits per heavy atom. The smallest absolute Gasteiger partial charge is 0.345 e. The van der Waals surface area contributed by atoms with Gasteiger partial charge in [-0.25, -0.2) is 15.0 Å². The molecule has 0 aromatic carbocycles. The Labute approximate surface area is 146 Å². The molecular formula is C16H14F3N7. The molecule has 3 heterocycles. The number of aromatic nitrogens is 4. The maximum absolute atomic E-state index is 13.0. The molecule has 3 aromatic rings. The maximum atomic E-state index is 13.0. The molecule has 3 N–H and O–H groups in total. The first-order valence-corrected chi connectivity index (χ1v) is 7.60. The van der Waals surface area contributed by atoms with E-state index in [9.17, 15) is 13.2 Å². The highest BCUT2D eigenvalue weighted by molar-refractivity contribution is 5.93. The van der Waals surface area contributed by atoms with Gasteiger partial charge in [-0.3, -0.25) is 0 Å². The van der Waals surface area contributed by atoms with Crippen LogP contribution in [0.4, 0.5) is 19.1 Å². The van der Waals surface area contributed by atoms with Gasteiger partial charge in [-0.05, 0) is 13.1 Å². The van der Waals surface area contributed by atoms with E-state index >= 15 is 0 Å². The summed E-state index contributed by atoms with van der Waals surface area (Å²) in [4.78, 5) is 15.2. The highest BCUT2D eigenvalue weighted by Crippen LogP contribution is 2.34. The summed E-state index contributed by atoms with van der Waals surface area (Å²) < 4.78 is 39.1. The highest BCUT2D eigenvalue weighted by Gasteiger charge is 2.31. The van der Waals surface area contributed by atoms with Crippen molar-refractivity contribution in [3.8, 4) is 17.3 Å². The molecule has 3 aromatic heterocycles. The van der Waals surface area contributed by atoms with E-state index in [-0.39, 0.29) is 12.5 Å². The van der Waals surface area contributed by atoms with E-state index in [4.69, 9.17) is 5.26 Å². The number of rotatable bonds is 5. The van der Waals surface area contributed by atoms with Crippen molar-refractivity contribution in [2.75, 3.05) is 18.9 Å². The van der Waals surface area contributed by atoms with Crippen LogP contribution in [0.2, 0.25) is 0 Å². The summed E-state index contributed by atoms with van der Waals surface area (Å²) >= 11 is 0. The van der Waals surface area contributed by atoms with E-state index in [1.807, 2.05) is 6.07 Å². The van der Waals surface area contributed by atoms with Gasteiger partial charge in [0.05, 0.1) is 17.3 Å². The molecule has 0 aliphatic heterocycles. The van der Waals surface area contributed by atoms with Gasteiger partial charge >= 0.3 is 6.18 Å². The van der Waals surface area contributed by atoms with Crippen molar-refractivity contribution >= 4 is 17.0 Å². The molecule has 3 rings (SSSR count). The first kappa shape index (κ1) is 17.6. The number of pyridine rings is 1. The van der Waals surface area contributed by atoms with E-state index in [1.165, 1.54) is 0 Å². The zero-order chi connectivity index (χ0) is 18.7. The number of hydrogen-bond acceptors (Lipinski definition) is 6. The van der Waals surface area contributed by atoms with Gasteiger partial charge in [-0.1, -0.05) is 0 Å². The Hall–Kier alpha value is -3.19. The first-order chi connectivity index (χ1) is 12.4. The minimum absolute atomic E-state index is 0.0124. The van der Waals surface area contributed by atoms with Crippen molar-refractivity contribution in [3.05, 3.63) is 35.8 Å². The van der Waals surface area contributed by atoms with Crippen molar-refractivity contribution in [2.45, 2.75) is 12.7 Å². The Morgan fingerprint density at radius 3 is 2.77 bits per heavy atom.